The summed E-state index contributed by atoms with van der Waals surface area (Å²) >= 11 is 1.25. The Kier molecular flexibility index (Phi) is 5.42. The Morgan fingerprint density at radius 3 is 2.94 bits per heavy atom. The fourth-order valence-corrected chi connectivity index (χ4v) is 1.74. The van der Waals surface area contributed by atoms with Gasteiger partial charge in [-0.15, -0.1) is 0 Å². The zero-order valence-corrected chi connectivity index (χ0v) is 10.2. The van der Waals surface area contributed by atoms with Crippen LogP contribution in [0.1, 0.15) is 29.4 Å². The Morgan fingerprint density at radius 2 is 2.29 bits per heavy atom. The summed E-state index contributed by atoms with van der Waals surface area (Å²) in [6.07, 6.45) is 5.76. The second-order valence-electron chi connectivity index (χ2n) is 3.27. The Hall–Kier alpha value is -1.62. The van der Waals surface area contributed by atoms with Crippen LogP contribution in [0.4, 0.5) is 0 Å². The molecule has 90 valence electrons. The van der Waals surface area contributed by atoms with Crippen molar-refractivity contribution >= 4 is 28.9 Å². The summed E-state index contributed by atoms with van der Waals surface area (Å²) in [5.74, 6) is -0.294. The molecule has 0 aliphatic carbocycles. The molecule has 1 aromatic heterocycles. The summed E-state index contributed by atoms with van der Waals surface area (Å²) in [5, 5.41) is 9.00. The van der Waals surface area contributed by atoms with E-state index in [-0.39, 0.29) is 10.7 Å². The standard InChI is InChI=1S/C12H13NO3S/c1-9(14)17-8-3-2-6-11-10(12(15)16)5-4-7-13-11/h2,4-7H,3,8H2,1H3,(H,15,16). The van der Waals surface area contributed by atoms with Gasteiger partial charge in [0.1, 0.15) is 0 Å². The zero-order valence-electron chi connectivity index (χ0n) is 9.42. The number of rotatable bonds is 5. The number of hydrogen-bond acceptors (Lipinski definition) is 4. The van der Waals surface area contributed by atoms with E-state index in [0.717, 1.165) is 0 Å². The highest BCUT2D eigenvalue weighted by Gasteiger charge is 2.06. The van der Waals surface area contributed by atoms with E-state index in [0.29, 0.717) is 17.9 Å². The van der Waals surface area contributed by atoms with Gasteiger partial charge in [-0.1, -0.05) is 17.8 Å². The van der Waals surface area contributed by atoms with E-state index in [1.807, 2.05) is 6.08 Å². The fourth-order valence-electron chi connectivity index (χ4n) is 1.20. The molecular formula is C12H13NO3S. The number of carboxylic acid groups (broad SMARTS) is 1. The highest BCUT2D eigenvalue weighted by Crippen LogP contribution is 2.09. The monoisotopic (exact) mass is 251 g/mol. The average molecular weight is 251 g/mol. The summed E-state index contributed by atoms with van der Waals surface area (Å²) in [6, 6.07) is 3.10. The van der Waals surface area contributed by atoms with Gasteiger partial charge in [-0.05, 0) is 24.6 Å². The molecule has 0 aliphatic rings. The van der Waals surface area contributed by atoms with Crippen LogP contribution in [0, 0.1) is 0 Å². The van der Waals surface area contributed by atoms with Gasteiger partial charge >= 0.3 is 5.97 Å². The lowest BCUT2D eigenvalue weighted by Crippen LogP contribution is -2.00. The number of pyridine rings is 1. The summed E-state index contributed by atoms with van der Waals surface area (Å²) in [4.78, 5) is 25.5. The molecule has 0 saturated carbocycles. The van der Waals surface area contributed by atoms with E-state index in [1.165, 1.54) is 24.8 Å². The van der Waals surface area contributed by atoms with Crippen LogP contribution in [0.25, 0.3) is 6.08 Å². The molecule has 0 radical (unpaired) electrons. The predicted molar refractivity (Wildman–Crippen MR) is 68.0 cm³/mol. The molecule has 0 bridgehead atoms. The summed E-state index contributed by atoms with van der Waals surface area (Å²) in [7, 11) is 0. The van der Waals surface area contributed by atoms with Crippen LogP contribution in [0.3, 0.4) is 0 Å². The van der Waals surface area contributed by atoms with Gasteiger partial charge in [0, 0.05) is 18.9 Å². The first-order chi connectivity index (χ1) is 8.11. The lowest BCUT2D eigenvalue weighted by molar-refractivity contribution is -0.109. The molecule has 1 heterocycles. The SMILES string of the molecule is CC(=O)SCCC=Cc1ncccc1C(=O)O. The van der Waals surface area contributed by atoms with Crippen LogP contribution >= 0.6 is 11.8 Å². The first-order valence-electron chi connectivity index (χ1n) is 5.09. The highest BCUT2D eigenvalue weighted by atomic mass is 32.2. The Bertz CT molecular complexity index is 443. The number of carbonyl (C=O) groups is 2. The topological polar surface area (TPSA) is 67.3 Å². The molecule has 1 N–H and O–H groups in total. The maximum Gasteiger partial charge on any atom is 0.337 e. The van der Waals surface area contributed by atoms with E-state index >= 15 is 0 Å². The molecule has 4 nitrogen and oxygen atoms in total. The van der Waals surface area contributed by atoms with Gasteiger partial charge in [-0.3, -0.25) is 9.78 Å². The van der Waals surface area contributed by atoms with Crippen molar-refractivity contribution < 1.29 is 14.7 Å². The average Bonchev–Trinajstić information content (AvgIpc) is 2.28. The molecule has 1 rings (SSSR count). The molecule has 0 saturated heterocycles. The molecular weight excluding hydrogens is 238 g/mol. The van der Waals surface area contributed by atoms with Crippen molar-refractivity contribution in [2.24, 2.45) is 0 Å². The van der Waals surface area contributed by atoms with Gasteiger partial charge in [-0.25, -0.2) is 4.79 Å². The van der Waals surface area contributed by atoms with E-state index in [2.05, 4.69) is 4.98 Å². The maximum absolute atomic E-state index is 10.9. The van der Waals surface area contributed by atoms with E-state index in [1.54, 1.807) is 18.3 Å². The molecule has 5 heteroatoms. The summed E-state index contributed by atoms with van der Waals surface area (Å²) in [5.41, 5.74) is 0.621. The highest BCUT2D eigenvalue weighted by molar-refractivity contribution is 8.13. The summed E-state index contributed by atoms with van der Waals surface area (Å²) in [6.45, 7) is 1.52. The van der Waals surface area contributed by atoms with Crippen LogP contribution in [0.15, 0.2) is 24.4 Å². The third-order valence-corrected chi connectivity index (χ3v) is 2.78. The van der Waals surface area contributed by atoms with Crippen LogP contribution in [-0.2, 0) is 4.79 Å². The number of aromatic carboxylic acids is 1. The van der Waals surface area contributed by atoms with Crippen molar-refractivity contribution in [3.05, 3.63) is 35.7 Å². The van der Waals surface area contributed by atoms with E-state index in [4.69, 9.17) is 5.11 Å². The number of thioether (sulfide) groups is 1. The molecule has 0 aliphatic heterocycles. The Labute approximate surface area is 104 Å². The number of carboxylic acids is 1. The molecule has 0 atom stereocenters. The van der Waals surface area contributed by atoms with Gasteiger partial charge < -0.3 is 5.11 Å². The summed E-state index contributed by atoms with van der Waals surface area (Å²) < 4.78 is 0. The van der Waals surface area contributed by atoms with Crippen molar-refractivity contribution in [1.82, 2.24) is 4.98 Å². The fraction of sp³-hybridized carbons (Fsp3) is 0.250. The first-order valence-corrected chi connectivity index (χ1v) is 6.08. The largest absolute Gasteiger partial charge is 0.478 e. The number of allylic oxidation sites excluding steroid dienone is 1. The lowest BCUT2D eigenvalue weighted by Gasteiger charge is -1.98. The van der Waals surface area contributed by atoms with Crippen molar-refractivity contribution in [2.45, 2.75) is 13.3 Å². The number of nitrogens with zero attached hydrogens (tertiary/aromatic N) is 1. The molecule has 0 aromatic carbocycles. The van der Waals surface area contributed by atoms with Crippen LogP contribution < -0.4 is 0 Å². The zero-order chi connectivity index (χ0) is 12.7. The quantitative estimate of drug-likeness (QED) is 0.814. The van der Waals surface area contributed by atoms with E-state index < -0.39 is 5.97 Å². The minimum absolute atomic E-state index is 0.0856. The number of hydrogen-bond donors (Lipinski definition) is 1. The van der Waals surface area contributed by atoms with Crippen LogP contribution in [-0.4, -0.2) is 26.9 Å². The second-order valence-corrected chi connectivity index (χ2v) is 4.54. The normalized spacial score (nSPS) is 10.6. The van der Waals surface area contributed by atoms with Gasteiger partial charge in [0.25, 0.3) is 0 Å². The van der Waals surface area contributed by atoms with Crippen molar-refractivity contribution in [1.29, 1.82) is 0 Å². The number of aromatic nitrogens is 1. The van der Waals surface area contributed by atoms with Crippen LogP contribution in [0.2, 0.25) is 0 Å². The molecule has 0 fully saturated rings. The Balaban J connectivity index is 2.59. The smallest absolute Gasteiger partial charge is 0.337 e. The minimum atomic E-state index is -0.990. The lowest BCUT2D eigenvalue weighted by atomic mass is 10.2. The second kappa shape index (κ2) is 6.85. The maximum atomic E-state index is 10.9. The van der Waals surface area contributed by atoms with Crippen molar-refractivity contribution in [2.75, 3.05) is 5.75 Å². The van der Waals surface area contributed by atoms with Crippen LogP contribution in [0.5, 0.6) is 0 Å². The molecule has 1 aromatic rings. The first kappa shape index (κ1) is 13.4. The van der Waals surface area contributed by atoms with E-state index in [9.17, 15) is 9.59 Å². The van der Waals surface area contributed by atoms with Crippen molar-refractivity contribution in [3.8, 4) is 0 Å². The van der Waals surface area contributed by atoms with Gasteiger partial charge in [-0.2, -0.15) is 0 Å². The predicted octanol–water partition coefficient (Wildman–Crippen LogP) is 2.46. The van der Waals surface area contributed by atoms with Gasteiger partial charge in [0.15, 0.2) is 5.12 Å². The van der Waals surface area contributed by atoms with Crippen molar-refractivity contribution in [3.63, 3.8) is 0 Å². The molecule has 17 heavy (non-hydrogen) atoms. The minimum Gasteiger partial charge on any atom is -0.478 e. The van der Waals surface area contributed by atoms with Gasteiger partial charge in [0.05, 0.1) is 11.3 Å². The van der Waals surface area contributed by atoms with Gasteiger partial charge in [0.2, 0.25) is 0 Å². The molecule has 0 spiro atoms. The molecule has 0 amide bonds. The Morgan fingerprint density at radius 1 is 1.53 bits per heavy atom. The molecule has 0 unspecified atom stereocenters. The third-order valence-electron chi connectivity index (χ3n) is 1.93. The number of carbonyl (C=O) groups excluding carboxylic acids is 1. The third kappa shape index (κ3) is 4.82.